The van der Waals surface area contributed by atoms with Crippen LogP contribution in [0.3, 0.4) is 0 Å². The van der Waals surface area contributed by atoms with E-state index in [2.05, 4.69) is 5.32 Å². The van der Waals surface area contributed by atoms with Crippen molar-refractivity contribution in [2.45, 2.75) is 32.9 Å². The Kier molecular flexibility index (Phi) is 10.7. The highest BCUT2D eigenvalue weighted by atomic mass is 35.5. The summed E-state index contributed by atoms with van der Waals surface area (Å²) < 4.78 is 26.8. The van der Waals surface area contributed by atoms with Crippen LogP contribution in [0, 0.1) is 6.92 Å². The first-order valence-corrected chi connectivity index (χ1v) is 15.2. The Hall–Kier alpha value is -2.78. The maximum Gasteiger partial charge on any atom is 0.244 e. The third kappa shape index (κ3) is 8.35. The van der Waals surface area contributed by atoms with Gasteiger partial charge in [0, 0.05) is 34.6 Å². The van der Waals surface area contributed by atoms with Crippen molar-refractivity contribution in [3.05, 3.63) is 98.5 Å². The molecule has 0 bridgehead atoms. The van der Waals surface area contributed by atoms with Gasteiger partial charge in [-0.1, -0.05) is 77.3 Å². The summed E-state index contributed by atoms with van der Waals surface area (Å²) >= 11 is 18.7. The van der Waals surface area contributed by atoms with E-state index in [9.17, 15) is 18.0 Å². The van der Waals surface area contributed by atoms with Gasteiger partial charge < -0.3 is 10.2 Å². The Labute approximate surface area is 244 Å². The third-order valence-corrected chi connectivity index (χ3v) is 8.05. The molecule has 2 amide bonds. The van der Waals surface area contributed by atoms with Gasteiger partial charge in [-0.2, -0.15) is 0 Å². The van der Waals surface area contributed by atoms with E-state index in [0.29, 0.717) is 32.7 Å². The molecule has 1 N–H and O–H groups in total. The lowest BCUT2D eigenvalue weighted by Crippen LogP contribution is -2.53. The average Bonchev–Trinajstić information content (AvgIpc) is 2.87. The molecule has 0 aliphatic heterocycles. The number of sulfonamides is 1. The smallest absolute Gasteiger partial charge is 0.244 e. The lowest BCUT2D eigenvalue weighted by atomic mass is 10.0. The lowest BCUT2D eigenvalue weighted by Gasteiger charge is -2.34. The molecule has 0 saturated carbocycles. The second kappa shape index (κ2) is 13.5. The first kappa shape index (κ1) is 30.8. The minimum absolute atomic E-state index is 0.0460. The summed E-state index contributed by atoms with van der Waals surface area (Å²) in [5.74, 6) is -0.956. The van der Waals surface area contributed by atoms with Gasteiger partial charge in [0.05, 0.1) is 11.9 Å². The Morgan fingerprint density at radius 2 is 1.59 bits per heavy atom. The van der Waals surface area contributed by atoms with Crippen LogP contribution >= 0.6 is 34.8 Å². The molecule has 0 heterocycles. The van der Waals surface area contributed by atoms with Crippen LogP contribution in [0.5, 0.6) is 0 Å². The Bertz CT molecular complexity index is 1440. The second-order valence-electron chi connectivity index (χ2n) is 9.06. The van der Waals surface area contributed by atoms with Crippen LogP contribution in [0.1, 0.15) is 23.6 Å². The summed E-state index contributed by atoms with van der Waals surface area (Å²) in [6, 6.07) is 18.0. The van der Waals surface area contributed by atoms with Crippen molar-refractivity contribution in [3.63, 3.8) is 0 Å². The average molecular weight is 611 g/mol. The highest BCUT2D eigenvalue weighted by molar-refractivity contribution is 7.92. The summed E-state index contributed by atoms with van der Waals surface area (Å²) in [6.07, 6.45) is 1.23. The van der Waals surface area contributed by atoms with E-state index in [0.717, 1.165) is 16.1 Å². The highest BCUT2D eigenvalue weighted by Gasteiger charge is 2.33. The second-order valence-corrected chi connectivity index (χ2v) is 12.2. The fraction of sp³-hybridized carbons (Fsp3) is 0.286. The normalized spacial score (nSPS) is 12.1. The monoisotopic (exact) mass is 609 g/mol. The molecule has 3 aromatic rings. The molecule has 1 atom stereocenters. The van der Waals surface area contributed by atoms with Gasteiger partial charge in [0.2, 0.25) is 21.8 Å². The van der Waals surface area contributed by atoms with Crippen LogP contribution in [0.2, 0.25) is 15.1 Å². The number of amides is 2. The first-order chi connectivity index (χ1) is 18.4. The van der Waals surface area contributed by atoms with Crippen molar-refractivity contribution >= 4 is 62.3 Å². The molecule has 208 valence electrons. The van der Waals surface area contributed by atoms with Gasteiger partial charge in [-0.15, -0.1) is 0 Å². The molecular formula is C28H30Cl3N3O4S. The van der Waals surface area contributed by atoms with Gasteiger partial charge in [-0.25, -0.2) is 8.42 Å². The Morgan fingerprint density at radius 3 is 2.21 bits per heavy atom. The molecule has 0 fully saturated rings. The summed E-state index contributed by atoms with van der Waals surface area (Å²) in [5.41, 5.74) is 2.29. The molecule has 0 saturated heterocycles. The van der Waals surface area contributed by atoms with Gasteiger partial charge >= 0.3 is 0 Å². The number of nitrogens with one attached hydrogen (secondary N) is 1. The molecule has 1 unspecified atom stereocenters. The molecule has 0 spiro atoms. The van der Waals surface area contributed by atoms with Crippen LogP contribution < -0.4 is 9.62 Å². The van der Waals surface area contributed by atoms with Crippen molar-refractivity contribution in [2.75, 3.05) is 23.7 Å². The van der Waals surface area contributed by atoms with E-state index in [4.69, 9.17) is 34.8 Å². The molecule has 0 aromatic heterocycles. The highest BCUT2D eigenvalue weighted by Crippen LogP contribution is 2.28. The number of carbonyl (C=O) groups excluding carboxylic acids is 2. The minimum atomic E-state index is -3.90. The fourth-order valence-electron chi connectivity index (χ4n) is 4.13. The number of aryl methyl sites for hydroxylation is 1. The summed E-state index contributed by atoms with van der Waals surface area (Å²) in [6.45, 7) is 3.27. The summed E-state index contributed by atoms with van der Waals surface area (Å²) in [4.78, 5) is 28.8. The number of benzene rings is 3. The van der Waals surface area contributed by atoms with E-state index in [1.54, 1.807) is 44.2 Å². The SMILES string of the molecule is CCNC(=O)C(Cc1ccccc1)N(Cc1ccc(Cl)cc1Cl)C(=O)CN(c1cc(Cl)ccc1C)S(C)(=O)=O. The zero-order valence-electron chi connectivity index (χ0n) is 21.8. The molecule has 11 heteroatoms. The van der Waals surface area contributed by atoms with Gasteiger partial charge in [0.15, 0.2) is 0 Å². The molecule has 0 aliphatic carbocycles. The summed E-state index contributed by atoms with van der Waals surface area (Å²) in [5, 5.41) is 3.87. The van der Waals surface area contributed by atoms with Gasteiger partial charge in [0.1, 0.15) is 12.6 Å². The number of nitrogens with zero attached hydrogens (tertiary/aromatic N) is 2. The van der Waals surface area contributed by atoms with Crippen LogP contribution in [-0.4, -0.2) is 50.5 Å². The van der Waals surface area contributed by atoms with Gasteiger partial charge in [-0.3, -0.25) is 13.9 Å². The maximum atomic E-state index is 14.0. The van der Waals surface area contributed by atoms with Gasteiger partial charge in [0.25, 0.3) is 0 Å². The predicted octanol–water partition coefficient (Wildman–Crippen LogP) is 5.50. The molecule has 3 aromatic carbocycles. The summed E-state index contributed by atoms with van der Waals surface area (Å²) in [7, 11) is -3.90. The van der Waals surface area contributed by atoms with Crippen LogP contribution in [0.25, 0.3) is 0 Å². The van der Waals surface area contributed by atoms with Crippen molar-refractivity contribution in [1.29, 1.82) is 0 Å². The van der Waals surface area contributed by atoms with Crippen LogP contribution in [-0.2, 0) is 32.6 Å². The van der Waals surface area contributed by atoms with E-state index in [1.165, 1.54) is 11.0 Å². The number of rotatable bonds is 11. The van der Waals surface area contributed by atoms with Crippen molar-refractivity contribution in [2.24, 2.45) is 0 Å². The fourth-order valence-corrected chi connectivity index (χ4v) is 5.66. The van der Waals surface area contributed by atoms with Crippen molar-refractivity contribution in [1.82, 2.24) is 10.2 Å². The largest absolute Gasteiger partial charge is 0.355 e. The number of carbonyl (C=O) groups is 2. The van der Waals surface area contributed by atoms with E-state index in [-0.39, 0.29) is 24.6 Å². The predicted molar refractivity (Wildman–Crippen MR) is 158 cm³/mol. The van der Waals surface area contributed by atoms with Gasteiger partial charge in [-0.05, 0) is 54.8 Å². The van der Waals surface area contributed by atoms with E-state index >= 15 is 0 Å². The standard InChI is InChI=1S/C28H30Cl3N3O4S/c1-4-32-28(36)26(14-20-8-6-5-7-9-20)33(17-21-11-13-22(29)15-24(21)31)27(35)18-34(39(3,37)38)25-16-23(30)12-10-19(25)2/h5-13,15-16,26H,4,14,17-18H2,1-3H3,(H,32,36). The van der Waals surface area contributed by atoms with Crippen LogP contribution in [0.4, 0.5) is 5.69 Å². The zero-order chi connectivity index (χ0) is 28.7. The Balaban J connectivity index is 2.09. The number of hydrogen-bond acceptors (Lipinski definition) is 4. The van der Waals surface area contributed by atoms with E-state index in [1.807, 2.05) is 30.3 Å². The topological polar surface area (TPSA) is 86.8 Å². The van der Waals surface area contributed by atoms with Crippen molar-refractivity contribution in [3.8, 4) is 0 Å². The lowest BCUT2D eigenvalue weighted by molar-refractivity contribution is -0.140. The molecule has 3 rings (SSSR count). The quantitative estimate of drug-likeness (QED) is 0.311. The zero-order valence-corrected chi connectivity index (χ0v) is 24.9. The number of anilines is 1. The van der Waals surface area contributed by atoms with Crippen molar-refractivity contribution < 1.29 is 18.0 Å². The first-order valence-electron chi connectivity index (χ1n) is 12.2. The number of likely N-dealkylation sites (N-methyl/N-ethyl adjacent to an activating group) is 1. The number of halogens is 3. The minimum Gasteiger partial charge on any atom is -0.355 e. The van der Waals surface area contributed by atoms with Crippen LogP contribution in [0.15, 0.2) is 66.7 Å². The third-order valence-electron chi connectivity index (χ3n) is 6.10. The number of hydrogen-bond donors (Lipinski definition) is 1. The molecule has 7 nitrogen and oxygen atoms in total. The molecule has 39 heavy (non-hydrogen) atoms. The molecular weight excluding hydrogens is 581 g/mol. The molecule has 0 aliphatic rings. The maximum absolute atomic E-state index is 14.0. The Morgan fingerprint density at radius 1 is 0.949 bits per heavy atom. The van der Waals surface area contributed by atoms with E-state index < -0.39 is 28.5 Å². The molecule has 0 radical (unpaired) electrons.